The lowest BCUT2D eigenvalue weighted by Crippen LogP contribution is -2.32. The molecule has 1 aromatic rings. The number of nitrogens with zero attached hydrogens (tertiary/aromatic N) is 2. The van der Waals surface area contributed by atoms with Crippen LogP contribution in [0.3, 0.4) is 0 Å². The Morgan fingerprint density at radius 3 is 2.89 bits per heavy atom. The van der Waals surface area contributed by atoms with Gasteiger partial charge in [0, 0.05) is 13.2 Å². The van der Waals surface area contributed by atoms with Crippen LogP contribution < -0.4 is 5.32 Å². The monoisotopic (exact) mass is 251 g/mol. The standard InChI is InChI=1S/C13H21N3O2/c1-3-12(18-11-6-4-5-7-11)13(17)15-10-8-14-16(2)9-10/h8-9,11-12H,3-7H2,1-2H3,(H,15,17). The quantitative estimate of drug-likeness (QED) is 0.871. The van der Waals surface area contributed by atoms with Crippen LogP contribution in [0.15, 0.2) is 12.4 Å². The summed E-state index contributed by atoms with van der Waals surface area (Å²) < 4.78 is 7.52. The van der Waals surface area contributed by atoms with Crippen molar-refractivity contribution >= 4 is 11.6 Å². The average molecular weight is 251 g/mol. The van der Waals surface area contributed by atoms with Gasteiger partial charge in [-0.05, 0) is 19.3 Å². The number of ether oxygens (including phenoxy) is 1. The van der Waals surface area contributed by atoms with Crippen LogP contribution in [-0.4, -0.2) is 27.9 Å². The first-order valence-corrected chi connectivity index (χ1v) is 6.64. The molecule has 1 unspecified atom stereocenters. The summed E-state index contributed by atoms with van der Waals surface area (Å²) in [5, 5.41) is 6.86. The van der Waals surface area contributed by atoms with E-state index in [2.05, 4.69) is 10.4 Å². The average Bonchev–Trinajstić information content (AvgIpc) is 2.97. The number of carbonyl (C=O) groups is 1. The highest BCUT2D eigenvalue weighted by Crippen LogP contribution is 2.23. The van der Waals surface area contributed by atoms with Crippen molar-refractivity contribution in [3.8, 4) is 0 Å². The summed E-state index contributed by atoms with van der Waals surface area (Å²) in [6.07, 6.45) is 8.61. The summed E-state index contributed by atoms with van der Waals surface area (Å²) in [6.45, 7) is 1.97. The lowest BCUT2D eigenvalue weighted by Gasteiger charge is -2.19. The van der Waals surface area contributed by atoms with E-state index in [4.69, 9.17) is 4.74 Å². The molecule has 1 amide bonds. The minimum Gasteiger partial charge on any atom is -0.365 e. The molecule has 2 rings (SSSR count). The molecule has 0 spiro atoms. The van der Waals surface area contributed by atoms with Gasteiger partial charge in [-0.2, -0.15) is 5.10 Å². The summed E-state index contributed by atoms with van der Waals surface area (Å²) >= 11 is 0. The highest BCUT2D eigenvalue weighted by atomic mass is 16.5. The summed E-state index contributed by atoms with van der Waals surface area (Å²) in [5.74, 6) is -0.0719. The van der Waals surface area contributed by atoms with Crippen molar-refractivity contribution in [1.82, 2.24) is 9.78 Å². The third kappa shape index (κ3) is 3.32. The number of carbonyl (C=O) groups excluding carboxylic acids is 1. The minimum atomic E-state index is -0.353. The fourth-order valence-corrected chi connectivity index (χ4v) is 2.31. The van der Waals surface area contributed by atoms with Gasteiger partial charge in [-0.15, -0.1) is 0 Å². The van der Waals surface area contributed by atoms with Gasteiger partial charge in [0.2, 0.25) is 0 Å². The Hall–Kier alpha value is -1.36. The van der Waals surface area contributed by atoms with Crippen LogP contribution in [0, 0.1) is 0 Å². The molecule has 1 fully saturated rings. The first kappa shape index (κ1) is 13.1. The zero-order valence-corrected chi connectivity index (χ0v) is 11.1. The number of rotatable bonds is 5. The largest absolute Gasteiger partial charge is 0.365 e. The second kappa shape index (κ2) is 6.00. The first-order valence-electron chi connectivity index (χ1n) is 6.64. The summed E-state index contributed by atoms with van der Waals surface area (Å²) in [6, 6.07) is 0. The Morgan fingerprint density at radius 1 is 1.61 bits per heavy atom. The number of hydrogen-bond acceptors (Lipinski definition) is 3. The van der Waals surface area contributed by atoms with Gasteiger partial charge in [0.05, 0.1) is 18.0 Å². The fourth-order valence-electron chi connectivity index (χ4n) is 2.31. The van der Waals surface area contributed by atoms with Gasteiger partial charge in [-0.25, -0.2) is 0 Å². The zero-order valence-electron chi connectivity index (χ0n) is 11.1. The van der Waals surface area contributed by atoms with Gasteiger partial charge < -0.3 is 10.1 Å². The maximum Gasteiger partial charge on any atom is 0.253 e. The van der Waals surface area contributed by atoms with Gasteiger partial charge in [0.25, 0.3) is 5.91 Å². The summed E-state index contributed by atoms with van der Waals surface area (Å²) in [4.78, 5) is 12.1. The molecule has 1 aliphatic carbocycles. The van der Waals surface area contributed by atoms with Gasteiger partial charge in [0.15, 0.2) is 0 Å². The Bertz CT molecular complexity index is 397. The molecule has 18 heavy (non-hydrogen) atoms. The van der Waals surface area contributed by atoms with Crippen LogP contribution in [0.2, 0.25) is 0 Å². The predicted molar refractivity (Wildman–Crippen MR) is 69.3 cm³/mol. The SMILES string of the molecule is CCC(OC1CCCC1)C(=O)Nc1cnn(C)c1. The molecular weight excluding hydrogens is 230 g/mol. The van der Waals surface area contributed by atoms with E-state index in [1.165, 1.54) is 12.8 Å². The van der Waals surface area contributed by atoms with Crippen molar-refractivity contribution in [3.63, 3.8) is 0 Å². The highest BCUT2D eigenvalue weighted by Gasteiger charge is 2.24. The van der Waals surface area contributed by atoms with Crippen molar-refractivity contribution in [2.24, 2.45) is 7.05 Å². The smallest absolute Gasteiger partial charge is 0.253 e. The van der Waals surface area contributed by atoms with Crippen LogP contribution in [0.4, 0.5) is 5.69 Å². The van der Waals surface area contributed by atoms with Crippen molar-refractivity contribution < 1.29 is 9.53 Å². The summed E-state index contributed by atoms with van der Waals surface area (Å²) in [7, 11) is 1.82. The van der Waals surface area contributed by atoms with Gasteiger partial charge in [-0.1, -0.05) is 19.8 Å². The normalized spacial score (nSPS) is 17.9. The van der Waals surface area contributed by atoms with E-state index in [9.17, 15) is 4.79 Å². The molecule has 5 nitrogen and oxygen atoms in total. The molecule has 0 saturated heterocycles. The van der Waals surface area contributed by atoms with E-state index in [0.29, 0.717) is 6.42 Å². The lowest BCUT2D eigenvalue weighted by atomic mass is 10.2. The second-order valence-corrected chi connectivity index (χ2v) is 4.83. The van der Waals surface area contributed by atoms with Gasteiger partial charge in [0.1, 0.15) is 6.10 Å². The Kier molecular flexibility index (Phi) is 4.36. The Morgan fingerprint density at radius 2 is 2.33 bits per heavy atom. The fraction of sp³-hybridized carbons (Fsp3) is 0.692. The van der Waals surface area contributed by atoms with Crippen LogP contribution in [-0.2, 0) is 16.6 Å². The van der Waals surface area contributed by atoms with Gasteiger partial charge >= 0.3 is 0 Å². The lowest BCUT2D eigenvalue weighted by molar-refractivity contribution is -0.131. The minimum absolute atomic E-state index is 0.0719. The molecule has 0 radical (unpaired) electrons. The Labute approximate surface area is 108 Å². The van der Waals surface area contributed by atoms with E-state index in [1.54, 1.807) is 17.1 Å². The maximum atomic E-state index is 12.1. The third-order valence-electron chi connectivity index (χ3n) is 3.29. The van der Waals surface area contributed by atoms with Crippen molar-refractivity contribution in [3.05, 3.63) is 12.4 Å². The molecule has 0 aromatic carbocycles. The molecule has 1 saturated carbocycles. The van der Waals surface area contributed by atoms with Crippen molar-refractivity contribution in [1.29, 1.82) is 0 Å². The Balaban J connectivity index is 1.88. The third-order valence-corrected chi connectivity index (χ3v) is 3.29. The first-order chi connectivity index (χ1) is 8.69. The predicted octanol–water partition coefficient (Wildman–Crippen LogP) is 2.10. The molecule has 1 heterocycles. The molecule has 1 N–H and O–H groups in total. The van der Waals surface area contributed by atoms with E-state index in [0.717, 1.165) is 18.5 Å². The maximum absolute atomic E-state index is 12.1. The number of hydrogen-bond donors (Lipinski definition) is 1. The molecule has 0 bridgehead atoms. The van der Waals surface area contributed by atoms with E-state index in [-0.39, 0.29) is 18.1 Å². The number of aryl methyl sites for hydroxylation is 1. The van der Waals surface area contributed by atoms with Crippen LogP contribution in [0.5, 0.6) is 0 Å². The number of nitrogens with one attached hydrogen (secondary N) is 1. The topological polar surface area (TPSA) is 56.1 Å². The summed E-state index contributed by atoms with van der Waals surface area (Å²) in [5.41, 5.74) is 0.718. The van der Waals surface area contributed by atoms with Crippen LogP contribution in [0.1, 0.15) is 39.0 Å². The molecule has 1 atom stereocenters. The van der Waals surface area contributed by atoms with E-state index >= 15 is 0 Å². The molecular formula is C13H21N3O2. The van der Waals surface area contributed by atoms with Crippen molar-refractivity contribution in [2.45, 2.75) is 51.2 Å². The van der Waals surface area contributed by atoms with E-state index < -0.39 is 0 Å². The van der Waals surface area contributed by atoms with E-state index in [1.807, 2.05) is 14.0 Å². The van der Waals surface area contributed by atoms with Crippen molar-refractivity contribution in [2.75, 3.05) is 5.32 Å². The zero-order chi connectivity index (χ0) is 13.0. The van der Waals surface area contributed by atoms with Gasteiger partial charge in [-0.3, -0.25) is 9.48 Å². The molecule has 0 aliphatic heterocycles. The molecule has 1 aromatic heterocycles. The number of amides is 1. The molecule has 1 aliphatic rings. The second-order valence-electron chi connectivity index (χ2n) is 4.83. The highest BCUT2D eigenvalue weighted by molar-refractivity contribution is 5.93. The molecule has 5 heteroatoms. The number of aromatic nitrogens is 2. The molecule has 100 valence electrons. The number of anilines is 1. The van der Waals surface area contributed by atoms with Crippen LogP contribution >= 0.6 is 0 Å². The van der Waals surface area contributed by atoms with Crippen LogP contribution in [0.25, 0.3) is 0 Å².